The predicted octanol–water partition coefficient (Wildman–Crippen LogP) is 6.26. The van der Waals surface area contributed by atoms with E-state index in [1.807, 2.05) is 37.3 Å². The molecule has 48 heavy (non-hydrogen) atoms. The summed E-state index contributed by atoms with van der Waals surface area (Å²) < 4.78 is 62.6. The zero-order valence-corrected chi connectivity index (χ0v) is 27.5. The van der Waals surface area contributed by atoms with Crippen LogP contribution in [0.25, 0.3) is 0 Å². The number of anilines is 1. The van der Waals surface area contributed by atoms with Crippen LogP contribution < -0.4 is 14.4 Å². The van der Waals surface area contributed by atoms with Crippen LogP contribution in [0.15, 0.2) is 108 Å². The van der Waals surface area contributed by atoms with Gasteiger partial charge in [-0.15, -0.1) is 0 Å². The first-order valence-electron chi connectivity index (χ1n) is 16.0. The minimum Gasteiger partial charge on any atom is -0.494 e. The summed E-state index contributed by atoms with van der Waals surface area (Å²) in [6, 6.07) is 24.4. The van der Waals surface area contributed by atoms with Crippen LogP contribution in [0.2, 0.25) is 0 Å². The number of hydrogen-bond acceptors (Lipinski definition) is 5. The van der Waals surface area contributed by atoms with Crippen molar-refractivity contribution in [2.45, 2.75) is 62.6 Å². The van der Waals surface area contributed by atoms with Gasteiger partial charge in [0, 0.05) is 19.0 Å². The van der Waals surface area contributed by atoms with Crippen LogP contribution in [0, 0.1) is 11.6 Å². The van der Waals surface area contributed by atoms with Crippen LogP contribution in [0.1, 0.15) is 43.7 Å². The largest absolute Gasteiger partial charge is 0.494 e. The van der Waals surface area contributed by atoms with Crippen molar-refractivity contribution in [1.82, 2.24) is 10.2 Å². The van der Waals surface area contributed by atoms with Gasteiger partial charge in [0.05, 0.1) is 17.2 Å². The Bertz CT molecular complexity index is 1760. The molecular formula is C37H39F2N3O5S. The van der Waals surface area contributed by atoms with E-state index in [0.717, 1.165) is 47.7 Å². The number of benzene rings is 4. The molecule has 252 valence electrons. The normalized spacial score (nSPS) is 13.9. The number of rotatable bonds is 14. The number of ether oxygens (including phenoxy) is 1. The maximum Gasteiger partial charge on any atom is 0.264 e. The number of carbonyl (C=O) groups excluding carboxylic acids is 2. The molecule has 0 spiro atoms. The van der Waals surface area contributed by atoms with E-state index in [2.05, 4.69) is 5.32 Å². The average Bonchev–Trinajstić information content (AvgIpc) is 3.60. The summed E-state index contributed by atoms with van der Waals surface area (Å²) in [7, 11) is -4.37. The molecule has 2 amide bonds. The smallest absolute Gasteiger partial charge is 0.264 e. The summed E-state index contributed by atoms with van der Waals surface area (Å²) in [4.78, 5) is 29.8. The number of sulfonamides is 1. The first-order valence-corrected chi connectivity index (χ1v) is 17.5. The molecule has 4 aromatic carbocycles. The van der Waals surface area contributed by atoms with E-state index in [-0.39, 0.29) is 35.5 Å². The van der Waals surface area contributed by atoms with Crippen LogP contribution in [-0.2, 0) is 32.6 Å². The Morgan fingerprint density at radius 3 is 2.04 bits per heavy atom. The SMILES string of the molecule is CCOc1ccc(S(=O)(=O)N(CC(=O)N(Cc2ccc(F)cc2)C(Cc2ccccc2)C(=O)NC2CCCC2)c2ccc(F)cc2)cc1. The fourth-order valence-corrected chi connectivity index (χ4v) is 7.26. The van der Waals surface area contributed by atoms with Crippen molar-refractivity contribution in [2.75, 3.05) is 17.5 Å². The molecule has 11 heteroatoms. The molecule has 0 heterocycles. The lowest BCUT2D eigenvalue weighted by Gasteiger charge is -2.34. The van der Waals surface area contributed by atoms with Crippen molar-refractivity contribution in [3.05, 3.63) is 126 Å². The Balaban J connectivity index is 1.55. The maximum atomic E-state index is 14.5. The Kier molecular flexibility index (Phi) is 11.4. The number of carbonyl (C=O) groups is 2. The summed E-state index contributed by atoms with van der Waals surface area (Å²) in [5.41, 5.74) is 1.42. The molecule has 0 bridgehead atoms. The molecule has 0 radical (unpaired) electrons. The zero-order valence-electron chi connectivity index (χ0n) is 26.7. The molecule has 0 aromatic heterocycles. The van der Waals surface area contributed by atoms with E-state index in [1.54, 1.807) is 0 Å². The molecular weight excluding hydrogens is 636 g/mol. The summed E-state index contributed by atoms with van der Waals surface area (Å²) >= 11 is 0. The van der Waals surface area contributed by atoms with Crippen molar-refractivity contribution in [1.29, 1.82) is 0 Å². The van der Waals surface area contributed by atoms with Gasteiger partial charge in [-0.2, -0.15) is 0 Å². The maximum absolute atomic E-state index is 14.5. The Hall–Kier alpha value is -4.77. The highest BCUT2D eigenvalue weighted by Crippen LogP contribution is 2.27. The van der Waals surface area contributed by atoms with Crippen LogP contribution in [0.3, 0.4) is 0 Å². The second-order valence-corrected chi connectivity index (χ2v) is 13.6. The third-order valence-electron chi connectivity index (χ3n) is 8.36. The minimum absolute atomic E-state index is 0.0331. The summed E-state index contributed by atoms with van der Waals surface area (Å²) in [6.45, 7) is 1.42. The first kappa shape index (κ1) is 34.6. The number of amides is 2. The summed E-state index contributed by atoms with van der Waals surface area (Å²) in [5.74, 6) is -1.58. The standard InChI is InChI=1S/C37H39F2N3O5S/c1-2-47-33-20-22-34(23-21-33)48(45,46)42(32-18-16-30(39)17-19-32)26-36(43)41(25-28-12-14-29(38)15-13-28)35(24-27-8-4-3-5-9-27)37(44)40-31-10-6-7-11-31/h3-5,8-9,12-23,31,35H,2,6-7,10-11,24-26H2,1H3,(H,40,44). The lowest BCUT2D eigenvalue weighted by atomic mass is 10.0. The Morgan fingerprint density at radius 1 is 0.833 bits per heavy atom. The topological polar surface area (TPSA) is 96.0 Å². The van der Waals surface area contributed by atoms with Crippen molar-refractivity contribution < 1.29 is 31.5 Å². The Labute approximate surface area is 280 Å². The quantitative estimate of drug-likeness (QED) is 0.170. The lowest BCUT2D eigenvalue weighted by Crippen LogP contribution is -2.54. The molecule has 1 unspecified atom stereocenters. The van der Waals surface area contributed by atoms with Gasteiger partial charge in [0.2, 0.25) is 11.8 Å². The second kappa shape index (κ2) is 15.9. The summed E-state index contributed by atoms with van der Waals surface area (Å²) in [5, 5.41) is 3.11. The van der Waals surface area contributed by atoms with E-state index >= 15 is 0 Å². The molecule has 0 saturated heterocycles. The van der Waals surface area contributed by atoms with Gasteiger partial charge in [-0.05, 0) is 91.6 Å². The molecule has 4 aromatic rings. The molecule has 1 atom stereocenters. The van der Waals surface area contributed by atoms with Gasteiger partial charge >= 0.3 is 0 Å². The average molecular weight is 676 g/mol. The van der Waals surface area contributed by atoms with E-state index in [9.17, 15) is 26.8 Å². The van der Waals surface area contributed by atoms with Gasteiger partial charge < -0.3 is 15.0 Å². The van der Waals surface area contributed by atoms with E-state index < -0.39 is 40.2 Å². The first-order chi connectivity index (χ1) is 23.1. The molecule has 5 rings (SSSR count). The van der Waals surface area contributed by atoms with E-state index in [4.69, 9.17) is 4.74 Å². The molecule has 0 aliphatic heterocycles. The predicted molar refractivity (Wildman–Crippen MR) is 180 cm³/mol. The fourth-order valence-electron chi connectivity index (χ4n) is 5.85. The van der Waals surface area contributed by atoms with Gasteiger partial charge in [0.15, 0.2) is 0 Å². The van der Waals surface area contributed by atoms with Crippen LogP contribution >= 0.6 is 0 Å². The Morgan fingerprint density at radius 2 is 1.44 bits per heavy atom. The third kappa shape index (κ3) is 8.77. The van der Waals surface area contributed by atoms with Crippen LogP contribution in [-0.4, -0.2) is 50.4 Å². The molecule has 1 aliphatic carbocycles. The van der Waals surface area contributed by atoms with Crippen molar-refractivity contribution in [3.63, 3.8) is 0 Å². The van der Waals surface area contributed by atoms with Gasteiger partial charge in [-0.25, -0.2) is 17.2 Å². The van der Waals surface area contributed by atoms with Crippen molar-refractivity contribution in [3.8, 4) is 5.75 Å². The molecule has 1 saturated carbocycles. The highest BCUT2D eigenvalue weighted by atomic mass is 32.2. The highest BCUT2D eigenvalue weighted by molar-refractivity contribution is 7.92. The van der Waals surface area contributed by atoms with Gasteiger partial charge in [-0.1, -0.05) is 55.3 Å². The lowest BCUT2D eigenvalue weighted by molar-refractivity contribution is -0.140. The summed E-state index contributed by atoms with van der Waals surface area (Å²) in [6.07, 6.45) is 3.79. The molecule has 1 N–H and O–H groups in total. The number of hydrogen-bond donors (Lipinski definition) is 1. The fraction of sp³-hybridized carbons (Fsp3) is 0.297. The second-order valence-electron chi connectivity index (χ2n) is 11.7. The molecule has 1 aliphatic rings. The third-order valence-corrected chi connectivity index (χ3v) is 10.1. The minimum atomic E-state index is -4.37. The van der Waals surface area contributed by atoms with E-state index in [1.165, 1.54) is 65.6 Å². The monoisotopic (exact) mass is 675 g/mol. The van der Waals surface area contributed by atoms with Crippen molar-refractivity contribution in [2.24, 2.45) is 0 Å². The van der Waals surface area contributed by atoms with Gasteiger partial charge in [-0.3, -0.25) is 13.9 Å². The van der Waals surface area contributed by atoms with Crippen LogP contribution in [0.5, 0.6) is 5.75 Å². The molecule has 8 nitrogen and oxygen atoms in total. The molecule has 1 fully saturated rings. The van der Waals surface area contributed by atoms with E-state index in [0.29, 0.717) is 17.9 Å². The zero-order chi connectivity index (χ0) is 34.1. The number of nitrogens with one attached hydrogen (secondary N) is 1. The number of halogens is 2. The number of nitrogens with zero attached hydrogens (tertiary/aromatic N) is 2. The van der Waals surface area contributed by atoms with Crippen molar-refractivity contribution >= 4 is 27.5 Å². The van der Waals surface area contributed by atoms with Gasteiger partial charge in [0.25, 0.3) is 10.0 Å². The highest BCUT2D eigenvalue weighted by Gasteiger charge is 2.35. The van der Waals surface area contributed by atoms with Crippen LogP contribution in [0.4, 0.5) is 14.5 Å². The van der Waals surface area contributed by atoms with Gasteiger partial charge in [0.1, 0.15) is 30.0 Å².